The second kappa shape index (κ2) is 5.76. The molecule has 0 saturated heterocycles. The van der Waals surface area contributed by atoms with E-state index in [1.807, 2.05) is 0 Å². The van der Waals surface area contributed by atoms with Crippen molar-refractivity contribution in [3.8, 4) is 5.88 Å². The SMILES string of the molecule is COc1cc(CNC(=O)c2ccc(N)nn2)ccn1. The molecule has 19 heavy (non-hydrogen) atoms. The van der Waals surface area contributed by atoms with Gasteiger partial charge in [0.15, 0.2) is 5.69 Å². The first-order chi connectivity index (χ1) is 9.19. The summed E-state index contributed by atoms with van der Waals surface area (Å²) in [5.74, 6) is 0.456. The van der Waals surface area contributed by atoms with Crippen LogP contribution in [-0.4, -0.2) is 28.2 Å². The van der Waals surface area contributed by atoms with Crippen molar-refractivity contribution in [2.75, 3.05) is 12.8 Å². The predicted octanol–water partition coefficient (Wildman–Crippen LogP) is 0.392. The maximum atomic E-state index is 11.8. The van der Waals surface area contributed by atoms with Gasteiger partial charge in [0.05, 0.1) is 7.11 Å². The summed E-state index contributed by atoms with van der Waals surface area (Å²) in [5, 5.41) is 10.0. The fourth-order valence-corrected chi connectivity index (χ4v) is 1.41. The van der Waals surface area contributed by atoms with E-state index in [-0.39, 0.29) is 17.4 Å². The molecular formula is C12H13N5O2. The summed E-state index contributed by atoms with van der Waals surface area (Å²) in [7, 11) is 1.54. The third-order valence-electron chi connectivity index (χ3n) is 2.38. The number of carbonyl (C=O) groups excluding carboxylic acids is 1. The van der Waals surface area contributed by atoms with Crippen LogP contribution in [-0.2, 0) is 6.54 Å². The number of pyridine rings is 1. The summed E-state index contributed by atoms with van der Waals surface area (Å²) in [6.45, 7) is 0.351. The highest BCUT2D eigenvalue weighted by atomic mass is 16.5. The summed E-state index contributed by atoms with van der Waals surface area (Å²) in [4.78, 5) is 15.8. The van der Waals surface area contributed by atoms with Crippen molar-refractivity contribution in [2.24, 2.45) is 0 Å². The number of carbonyl (C=O) groups is 1. The molecule has 0 bridgehead atoms. The van der Waals surface area contributed by atoms with E-state index in [1.54, 1.807) is 18.3 Å². The Kier molecular flexibility index (Phi) is 3.87. The Balaban J connectivity index is 1.98. The zero-order valence-corrected chi connectivity index (χ0v) is 10.3. The van der Waals surface area contributed by atoms with E-state index in [9.17, 15) is 4.79 Å². The van der Waals surface area contributed by atoms with Gasteiger partial charge in [-0.25, -0.2) is 4.98 Å². The van der Waals surface area contributed by atoms with Gasteiger partial charge in [0.25, 0.3) is 5.91 Å². The molecule has 3 N–H and O–H groups in total. The monoisotopic (exact) mass is 259 g/mol. The molecule has 0 saturated carbocycles. The minimum atomic E-state index is -0.316. The first-order valence-electron chi connectivity index (χ1n) is 5.55. The number of hydrogen-bond donors (Lipinski definition) is 2. The van der Waals surface area contributed by atoms with Gasteiger partial charge in [-0.3, -0.25) is 4.79 Å². The van der Waals surface area contributed by atoms with E-state index in [4.69, 9.17) is 10.5 Å². The quantitative estimate of drug-likeness (QED) is 0.823. The summed E-state index contributed by atoms with van der Waals surface area (Å²) in [6, 6.07) is 6.58. The van der Waals surface area contributed by atoms with Crippen LogP contribution in [0.1, 0.15) is 16.1 Å². The predicted molar refractivity (Wildman–Crippen MR) is 68.4 cm³/mol. The van der Waals surface area contributed by atoms with Gasteiger partial charge in [0.1, 0.15) is 5.82 Å². The van der Waals surface area contributed by atoms with Crippen molar-refractivity contribution in [1.82, 2.24) is 20.5 Å². The lowest BCUT2D eigenvalue weighted by Gasteiger charge is -2.05. The molecule has 0 radical (unpaired) electrons. The molecule has 2 aromatic rings. The first kappa shape index (κ1) is 12.7. The van der Waals surface area contributed by atoms with Gasteiger partial charge in [-0.2, -0.15) is 0 Å². The molecule has 2 heterocycles. The van der Waals surface area contributed by atoms with Gasteiger partial charge in [-0.05, 0) is 23.8 Å². The zero-order chi connectivity index (χ0) is 13.7. The third kappa shape index (κ3) is 3.38. The molecule has 0 unspecified atom stereocenters. The largest absolute Gasteiger partial charge is 0.481 e. The second-order valence-electron chi connectivity index (χ2n) is 3.73. The highest BCUT2D eigenvalue weighted by Gasteiger charge is 2.07. The van der Waals surface area contributed by atoms with E-state index in [0.29, 0.717) is 12.4 Å². The smallest absolute Gasteiger partial charge is 0.272 e. The minimum Gasteiger partial charge on any atom is -0.481 e. The minimum absolute atomic E-state index is 0.218. The molecular weight excluding hydrogens is 246 g/mol. The Morgan fingerprint density at radius 3 is 2.89 bits per heavy atom. The molecule has 0 atom stereocenters. The van der Waals surface area contributed by atoms with E-state index in [2.05, 4.69) is 20.5 Å². The number of nitrogens with zero attached hydrogens (tertiary/aromatic N) is 3. The van der Waals surface area contributed by atoms with Gasteiger partial charge in [-0.1, -0.05) is 0 Å². The van der Waals surface area contributed by atoms with E-state index in [0.717, 1.165) is 5.56 Å². The van der Waals surface area contributed by atoms with Gasteiger partial charge < -0.3 is 15.8 Å². The van der Waals surface area contributed by atoms with Crippen LogP contribution in [0.3, 0.4) is 0 Å². The molecule has 7 nitrogen and oxygen atoms in total. The van der Waals surface area contributed by atoms with Crippen molar-refractivity contribution < 1.29 is 9.53 Å². The number of nitrogens with one attached hydrogen (secondary N) is 1. The van der Waals surface area contributed by atoms with Crippen LogP contribution < -0.4 is 15.8 Å². The average molecular weight is 259 g/mol. The highest BCUT2D eigenvalue weighted by Crippen LogP contribution is 2.08. The fourth-order valence-electron chi connectivity index (χ4n) is 1.41. The van der Waals surface area contributed by atoms with Crippen LogP contribution in [0.25, 0.3) is 0 Å². The summed E-state index contributed by atoms with van der Waals surface area (Å²) >= 11 is 0. The van der Waals surface area contributed by atoms with Crippen molar-refractivity contribution >= 4 is 11.7 Å². The first-order valence-corrected chi connectivity index (χ1v) is 5.55. The molecule has 2 aromatic heterocycles. The highest BCUT2D eigenvalue weighted by molar-refractivity contribution is 5.92. The van der Waals surface area contributed by atoms with Gasteiger partial charge in [-0.15, -0.1) is 10.2 Å². The number of amides is 1. The number of nitrogen functional groups attached to an aromatic ring is 1. The number of anilines is 1. The Bertz CT molecular complexity index is 571. The van der Waals surface area contributed by atoms with Crippen LogP contribution in [0.4, 0.5) is 5.82 Å². The fraction of sp³-hybridized carbons (Fsp3) is 0.167. The molecule has 98 valence electrons. The lowest BCUT2D eigenvalue weighted by atomic mass is 10.2. The van der Waals surface area contributed by atoms with Crippen molar-refractivity contribution in [3.05, 3.63) is 41.7 Å². The number of aromatic nitrogens is 3. The standard InChI is InChI=1S/C12H13N5O2/c1-19-11-6-8(4-5-14-11)7-15-12(18)9-2-3-10(13)17-16-9/h2-6H,7H2,1H3,(H2,13,17)(H,15,18). The van der Waals surface area contributed by atoms with E-state index < -0.39 is 0 Å². The second-order valence-corrected chi connectivity index (χ2v) is 3.73. The lowest BCUT2D eigenvalue weighted by molar-refractivity contribution is 0.0945. The Hall–Kier alpha value is -2.70. The molecule has 7 heteroatoms. The van der Waals surface area contributed by atoms with E-state index >= 15 is 0 Å². The third-order valence-corrected chi connectivity index (χ3v) is 2.38. The average Bonchev–Trinajstić information content (AvgIpc) is 2.46. The number of methoxy groups -OCH3 is 1. The van der Waals surface area contributed by atoms with Crippen molar-refractivity contribution in [3.63, 3.8) is 0 Å². The van der Waals surface area contributed by atoms with Gasteiger partial charge in [0.2, 0.25) is 5.88 Å². The molecule has 0 aliphatic rings. The van der Waals surface area contributed by atoms with Crippen molar-refractivity contribution in [1.29, 1.82) is 0 Å². The van der Waals surface area contributed by atoms with Crippen LogP contribution >= 0.6 is 0 Å². The van der Waals surface area contributed by atoms with Crippen LogP contribution in [0.2, 0.25) is 0 Å². The van der Waals surface area contributed by atoms with Gasteiger partial charge in [0, 0.05) is 18.8 Å². The topological polar surface area (TPSA) is 103 Å². The number of ether oxygens (including phenoxy) is 1. The van der Waals surface area contributed by atoms with Gasteiger partial charge >= 0.3 is 0 Å². The maximum absolute atomic E-state index is 11.8. The van der Waals surface area contributed by atoms with Crippen LogP contribution in [0, 0.1) is 0 Å². The lowest BCUT2D eigenvalue weighted by Crippen LogP contribution is -2.24. The Morgan fingerprint density at radius 1 is 1.37 bits per heavy atom. The molecule has 1 amide bonds. The van der Waals surface area contributed by atoms with Crippen LogP contribution in [0.5, 0.6) is 5.88 Å². The summed E-state index contributed by atoms with van der Waals surface area (Å²) in [6.07, 6.45) is 1.61. The van der Waals surface area contributed by atoms with E-state index in [1.165, 1.54) is 19.2 Å². The maximum Gasteiger partial charge on any atom is 0.272 e. The number of hydrogen-bond acceptors (Lipinski definition) is 6. The molecule has 0 aliphatic heterocycles. The molecule has 0 aliphatic carbocycles. The zero-order valence-electron chi connectivity index (χ0n) is 10.3. The number of nitrogens with two attached hydrogens (primary N) is 1. The summed E-state index contributed by atoms with van der Waals surface area (Å²) in [5.41, 5.74) is 6.49. The van der Waals surface area contributed by atoms with Crippen molar-refractivity contribution in [2.45, 2.75) is 6.54 Å². The Labute approximate surface area is 109 Å². The molecule has 2 rings (SSSR count). The molecule has 0 aromatic carbocycles. The molecule has 0 fully saturated rings. The number of rotatable bonds is 4. The molecule has 0 spiro atoms. The Morgan fingerprint density at radius 2 is 2.21 bits per heavy atom. The van der Waals surface area contributed by atoms with Crippen LogP contribution in [0.15, 0.2) is 30.5 Å². The normalized spacial score (nSPS) is 9.95. The summed E-state index contributed by atoms with van der Waals surface area (Å²) < 4.78 is 5.00.